The Bertz CT molecular complexity index is 691. The Balaban J connectivity index is 1.89. The number of amides is 2. The number of rotatable bonds is 3. The fourth-order valence-electron chi connectivity index (χ4n) is 2.72. The number of para-hydroxylation sites is 1. The van der Waals surface area contributed by atoms with Gasteiger partial charge in [0.15, 0.2) is 6.61 Å². The van der Waals surface area contributed by atoms with Crippen molar-refractivity contribution in [1.82, 2.24) is 4.90 Å². The van der Waals surface area contributed by atoms with Crippen molar-refractivity contribution in [2.75, 3.05) is 25.0 Å². The van der Waals surface area contributed by atoms with Gasteiger partial charge in [0.2, 0.25) is 0 Å². The maximum absolute atomic E-state index is 12.9. The first kappa shape index (κ1) is 19.7. The van der Waals surface area contributed by atoms with Gasteiger partial charge in [-0.2, -0.15) is 13.2 Å². The number of hydrogen-bond acceptors (Lipinski definition) is 4. The number of hydrogen-bond donors (Lipinski definition) is 1. The van der Waals surface area contributed by atoms with Crippen molar-refractivity contribution in [3.63, 3.8) is 0 Å². The molecule has 142 valence electrons. The summed E-state index contributed by atoms with van der Waals surface area (Å²) in [4.78, 5) is 36.9. The van der Waals surface area contributed by atoms with Gasteiger partial charge < -0.3 is 15.0 Å². The normalized spacial score (nSPS) is 17.5. The largest absolute Gasteiger partial charge is 0.448 e. The van der Waals surface area contributed by atoms with Gasteiger partial charge in [-0.05, 0) is 30.9 Å². The number of nitrogens with zero attached hydrogens (tertiary/aromatic N) is 1. The molecule has 1 aromatic carbocycles. The number of likely N-dealkylation sites (tertiary alicyclic amines) is 1. The molecule has 0 aliphatic carbocycles. The van der Waals surface area contributed by atoms with Crippen molar-refractivity contribution in [1.29, 1.82) is 0 Å². The van der Waals surface area contributed by atoms with E-state index in [9.17, 15) is 27.6 Å². The Morgan fingerprint density at radius 3 is 2.62 bits per heavy atom. The van der Waals surface area contributed by atoms with Crippen LogP contribution in [0.4, 0.5) is 18.9 Å². The van der Waals surface area contributed by atoms with Crippen LogP contribution in [0.15, 0.2) is 24.3 Å². The predicted octanol–water partition coefficient (Wildman–Crippen LogP) is 2.45. The molecule has 1 fully saturated rings. The van der Waals surface area contributed by atoms with E-state index in [4.69, 9.17) is 0 Å². The smallest absolute Gasteiger partial charge is 0.418 e. The molecular formula is C17H19F3N2O4. The SMILES string of the molecule is C[C@H]1CCCN(C(=O)C(=O)OCC(=O)Nc2ccccc2C(F)(F)F)C1. The molecule has 0 bridgehead atoms. The molecule has 1 atom stereocenters. The molecule has 1 aliphatic heterocycles. The first-order chi connectivity index (χ1) is 12.2. The molecule has 1 saturated heterocycles. The van der Waals surface area contributed by atoms with Crippen molar-refractivity contribution >= 4 is 23.5 Å². The summed E-state index contributed by atoms with van der Waals surface area (Å²) in [5.41, 5.74) is -1.46. The molecule has 2 rings (SSSR count). The fraction of sp³-hybridized carbons (Fsp3) is 0.471. The maximum atomic E-state index is 12.9. The van der Waals surface area contributed by atoms with Crippen LogP contribution in [0.3, 0.4) is 0 Å². The van der Waals surface area contributed by atoms with Crippen molar-refractivity contribution < 1.29 is 32.3 Å². The van der Waals surface area contributed by atoms with E-state index in [-0.39, 0.29) is 5.92 Å². The zero-order valence-electron chi connectivity index (χ0n) is 14.1. The first-order valence-corrected chi connectivity index (χ1v) is 8.10. The summed E-state index contributed by atoms with van der Waals surface area (Å²) < 4.78 is 43.2. The topological polar surface area (TPSA) is 75.7 Å². The Morgan fingerprint density at radius 2 is 1.96 bits per heavy atom. The van der Waals surface area contributed by atoms with Gasteiger partial charge >= 0.3 is 18.1 Å². The second kappa shape index (κ2) is 8.20. The van der Waals surface area contributed by atoms with Gasteiger partial charge in [0.1, 0.15) is 0 Å². The van der Waals surface area contributed by atoms with Crippen LogP contribution in [-0.4, -0.2) is 42.4 Å². The lowest BCUT2D eigenvalue weighted by molar-refractivity contribution is -0.162. The minimum absolute atomic E-state index is 0.266. The Kier molecular flexibility index (Phi) is 6.23. The van der Waals surface area contributed by atoms with E-state index < -0.39 is 41.8 Å². The van der Waals surface area contributed by atoms with E-state index >= 15 is 0 Å². The van der Waals surface area contributed by atoms with E-state index in [2.05, 4.69) is 4.74 Å². The minimum atomic E-state index is -4.64. The average Bonchev–Trinajstić information content (AvgIpc) is 2.58. The Labute approximate surface area is 148 Å². The number of alkyl halides is 3. The number of nitrogens with one attached hydrogen (secondary N) is 1. The fourth-order valence-corrected chi connectivity index (χ4v) is 2.72. The van der Waals surface area contributed by atoms with Gasteiger partial charge in [0, 0.05) is 13.1 Å². The number of carbonyl (C=O) groups excluding carboxylic acids is 3. The van der Waals surface area contributed by atoms with E-state index in [1.165, 1.54) is 17.0 Å². The maximum Gasteiger partial charge on any atom is 0.418 e. The summed E-state index contributed by atoms with van der Waals surface area (Å²) in [5, 5.41) is 2.04. The highest BCUT2D eigenvalue weighted by atomic mass is 19.4. The molecule has 2 amide bonds. The van der Waals surface area contributed by atoms with Crippen molar-refractivity contribution in [3.05, 3.63) is 29.8 Å². The van der Waals surface area contributed by atoms with Gasteiger partial charge in [-0.1, -0.05) is 19.1 Å². The van der Waals surface area contributed by atoms with Crippen molar-refractivity contribution in [2.24, 2.45) is 5.92 Å². The van der Waals surface area contributed by atoms with Crippen LogP contribution in [0, 0.1) is 5.92 Å². The average molecular weight is 372 g/mol. The highest BCUT2D eigenvalue weighted by Crippen LogP contribution is 2.34. The van der Waals surface area contributed by atoms with E-state index in [0.717, 1.165) is 25.0 Å². The predicted molar refractivity (Wildman–Crippen MR) is 86.0 cm³/mol. The number of piperidine rings is 1. The third kappa shape index (κ3) is 5.21. The summed E-state index contributed by atoms with van der Waals surface area (Å²) in [7, 11) is 0. The molecule has 0 saturated carbocycles. The number of halogens is 3. The molecule has 1 aromatic rings. The summed E-state index contributed by atoms with van der Waals surface area (Å²) >= 11 is 0. The minimum Gasteiger partial charge on any atom is -0.448 e. The summed E-state index contributed by atoms with van der Waals surface area (Å²) in [6.07, 6.45) is -2.91. The molecular weight excluding hydrogens is 353 g/mol. The number of esters is 1. The molecule has 9 heteroatoms. The van der Waals surface area contributed by atoms with Crippen LogP contribution >= 0.6 is 0 Å². The first-order valence-electron chi connectivity index (χ1n) is 8.10. The second-order valence-corrected chi connectivity index (χ2v) is 6.17. The van der Waals surface area contributed by atoms with Gasteiger partial charge in [0.05, 0.1) is 11.3 Å². The van der Waals surface area contributed by atoms with Crippen LogP contribution in [-0.2, 0) is 25.3 Å². The third-order valence-corrected chi connectivity index (χ3v) is 3.96. The summed E-state index contributed by atoms with van der Waals surface area (Å²) in [6, 6.07) is 4.43. The van der Waals surface area contributed by atoms with E-state index in [0.29, 0.717) is 13.1 Å². The lowest BCUT2D eigenvalue weighted by atomic mass is 10.0. The second-order valence-electron chi connectivity index (χ2n) is 6.17. The number of carbonyl (C=O) groups is 3. The summed E-state index contributed by atoms with van der Waals surface area (Å²) in [5.74, 6) is -2.74. The highest BCUT2D eigenvalue weighted by Gasteiger charge is 2.33. The van der Waals surface area contributed by atoms with Gasteiger partial charge in [0.25, 0.3) is 5.91 Å². The number of anilines is 1. The van der Waals surface area contributed by atoms with Crippen LogP contribution in [0.2, 0.25) is 0 Å². The Morgan fingerprint density at radius 1 is 1.27 bits per heavy atom. The zero-order chi connectivity index (χ0) is 19.3. The Hall–Kier alpha value is -2.58. The molecule has 1 aliphatic rings. The lowest BCUT2D eigenvalue weighted by Crippen LogP contribution is -2.43. The van der Waals surface area contributed by atoms with Gasteiger partial charge in [-0.25, -0.2) is 4.79 Å². The molecule has 6 nitrogen and oxygen atoms in total. The van der Waals surface area contributed by atoms with Crippen LogP contribution in [0.5, 0.6) is 0 Å². The summed E-state index contributed by atoms with van der Waals surface area (Å²) in [6.45, 7) is 1.97. The van der Waals surface area contributed by atoms with Crippen molar-refractivity contribution in [3.8, 4) is 0 Å². The molecule has 0 aromatic heterocycles. The molecule has 1 N–H and O–H groups in total. The van der Waals surface area contributed by atoms with Gasteiger partial charge in [-0.3, -0.25) is 9.59 Å². The quantitative estimate of drug-likeness (QED) is 0.653. The van der Waals surface area contributed by atoms with Gasteiger partial charge in [-0.15, -0.1) is 0 Å². The standard InChI is InChI=1S/C17H19F3N2O4/c1-11-5-4-8-22(9-11)15(24)16(25)26-10-14(23)21-13-7-3-2-6-12(13)17(18,19)20/h2-3,6-7,11H,4-5,8-10H2,1H3,(H,21,23)/t11-/m0/s1. The monoisotopic (exact) mass is 372 g/mol. The van der Waals surface area contributed by atoms with E-state index in [1.54, 1.807) is 0 Å². The number of benzene rings is 1. The zero-order valence-corrected chi connectivity index (χ0v) is 14.1. The highest BCUT2D eigenvalue weighted by molar-refractivity contribution is 6.32. The lowest BCUT2D eigenvalue weighted by Gasteiger charge is -2.29. The molecule has 0 unspecified atom stereocenters. The van der Waals surface area contributed by atoms with Crippen molar-refractivity contribution in [2.45, 2.75) is 25.9 Å². The molecule has 26 heavy (non-hydrogen) atoms. The molecule has 1 heterocycles. The van der Waals surface area contributed by atoms with Crippen LogP contribution in [0.25, 0.3) is 0 Å². The molecule has 0 spiro atoms. The van der Waals surface area contributed by atoms with E-state index in [1.807, 2.05) is 12.2 Å². The number of ether oxygens (including phenoxy) is 1. The van der Waals surface area contributed by atoms with Crippen LogP contribution in [0.1, 0.15) is 25.3 Å². The van der Waals surface area contributed by atoms with Crippen LogP contribution < -0.4 is 5.32 Å². The third-order valence-electron chi connectivity index (χ3n) is 3.96. The molecule has 0 radical (unpaired) electrons.